The van der Waals surface area contributed by atoms with Gasteiger partial charge in [0.1, 0.15) is 10.0 Å². The molecule has 3 N–H and O–H groups in total. The summed E-state index contributed by atoms with van der Waals surface area (Å²) >= 11 is 7.50. The largest absolute Gasteiger partial charge is 0.394 e. The molecule has 4 rings (SSSR count). The van der Waals surface area contributed by atoms with Gasteiger partial charge in [0.25, 0.3) is 5.91 Å². The number of halogens is 1. The second-order valence-corrected chi connectivity index (χ2v) is 7.83. The van der Waals surface area contributed by atoms with Crippen LogP contribution in [0, 0.1) is 0 Å². The number of amides is 1. The monoisotopic (exact) mass is 377 g/mol. The maximum Gasteiger partial charge on any atom is 0.282 e. The smallest absolute Gasteiger partial charge is 0.282 e. The highest BCUT2D eigenvalue weighted by Gasteiger charge is 2.37. The van der Waals surface area contributed by atoms with E-state index in [4.69, 9.17) is 17.3 Å². The van der Waals surface area contributed by atoms with Crippen molar-refractivity contribution < 1.29 is 9.90 Å². The summed E-state index contributed by atoms with van der Waals surface area (Å²) in [5, 5.41) is 14.0. The molecule has 1 unspecified atom stereocenters. The summed E-state index contributed by atoms with van der Waals surface area (Å²) in [5.74, 6) is -0.213. The van der Waals surface area contributed by atoms with Gasteiger partial charge in [-0.05, 0) is 18.6 Å². The number of nitrogens with zero attached hydrogens (tertiary/aromatic N) is 4. The third kappa shape index (κ3) is 2.81. The van der Waals surface area contributed by atoms with Crippen LogP contribution in [-0.4, -0.2) is 55.7 Å². The number of nitrogens with two attached hydrogens (primary N) is 1. The van der Waals surface area contributed by atoms with Gasteiger partial charge in [0.15, 0.2) is 5.01 Å². The quantitative estimate of drug-likeness (QED) is 0.723. The second kappa shape index (κ2) is 6.06. The molecular formula is C16H16ClN5O2S. The minimum atomic E-state index is -0.734. The lowest BCUT2D eigenvalue weighted by molar-refractivity contribution is 0.0775. The number of carbonyl (C=O) groups excluding carboxylic acids is 1. The summed E-state index contributed by atoms with van der Waals surface area (Å²) in [4.78, 5) is 18.8. The Morgan fingerprint density at radius 1 is 1.48 bits per heavy atom. The van der Waals surface area contributed by atoms with Crippen molar-refractivity contribution in [1.29, 1.82) is 0 Å². The van der Waals surface area contributed by atoms with Crippen LogP contribution < -0.4 is 5.73 Å². The zero-order valence-electron chi connectivity index (χ0n) is 13.2. The third-order valence-electron chi connectivity index (χ3n) is 4.44. The lowest BCUT2D eigenvalue weighted by Crippen LogP contribution is -2.46. The van der Waals surface area contributed by atoms with Crippen LogP contribution in [0.4, 0.5) is 0 Å². The molecule has 1 aliphatic heterocycles. The molecule has 0 aromatic carbocycles. The number of rotatable bonds is 3. The predicted octanol–water partition coefficient (Wildman–Crippen LogP) is 1.65. The first-order chi connectivity index (χ1) is 12.0. The maximum atomic E-state index is 12.7. The van der Waals surface area contributed by atoms with Gasteiger partial charge in [0, 0.05) is 24.8 Å². The number of fused-ring (bicyclic) bond motifs is 1. The lowest BCUT2D eigenvalue weighted by Gasteiger charge is -2.21. The molecule has 1 fully saturated rings. The summed E-state index contributed by atoms with van der Waals surface area (Å²) in [6.45, 7) is 0.660. The molecule has 130 valence electrons. The Morgan fingerprint density at radius 2 is 2.32 bits per heavy atom. The fraction of sp³-hybridized carbons (Fsp3) is 0.312. The molecule has 1 atom stereocenters. The number of aliphatic hydroxyl groups excluding tert-OH is 1. The van der Waals surface area contributed by atoms with E-state index < -0.39 is 5.54 Å². The molecule has 0 aliphatic carbocycles. The number of aliphatic hydroxyl groups is 1. The number of carbonyl (C=O) groups is 1. The molecule has 3 aromatic heterocycles. The Hall–Kier alpha value is -2.00. The zero-order chi connectivity index (χ0) is 17.6. The highest BCUT2D eigenvalue weighted by Crippen LogP contribution is 2.35. The van der Waals surface area contributed by atoms with Crippen LogP contribution in [0.1, 0.15) is 16.2 Å². The van der Waals surface area contributed by atoms with E-state index >= 15 is 0 Å². The lowest BCUT2D eigenvalue weighted by atomic mass is 10.0. The molecule has 1 saturated heterocycles. The first kappa shape index (κ1) is 16.5. The van der Waals surface area contributed by atoms with Gasteiger partial charge >= 0.3 is 0 Å². The Balaban J connectivity index is 1.66. The van der Waals surface area contributed by atoms with Crippen LogP contribution in [0.15, 0.2) is 30.6 Å². The standard InChI is InChI=1S/C16H16ClN5O2S/c17-13-12(10-7-19-22-5-2-1-3-11(10)22)20-14(25-13)15(24)21-6-4-16(18,8-21)9-23/h1-3,5,7,23H,4,6,8-9,18H2. The summed E-state index contributed by atoms with van der Waals surface area (Å²) in [7, 11) is 0. The Morgan fingerprint density at radius 3 is 3.08 bits per heavy atom. The number of likely N-dealkylation sites (tertiary alicyclic amines) is 1. The van der Waals surface area contributed by atoms with Crippen molar-refractivity contribution in [3.05, 3.63) is 39.9 Å². The molecule has 7 nitrogen and oxygen atoms in total. The van der Waals surface area contributed by atoms with E-state index in [1.165, 1.54) is 0 Å². The molecule has 3 aromatic rings. The van der Waals surface area contributed by atoms with Crippen molar-refractivity contribution in [3.63, 3.8) is 0 Å². The molecule has 1 amide bonds. The van der Waals surface area contributed by atoms with E-state index in [0.717, 1.165) is 22.4 Å². The molecule has 0 bridgehead atoms. The highest BCUT2D eigenvalue weighted by molar-refractivity contribution is 7.18. The normalized spacial score (nSPS) is 20.5. The fourth-order valence-corrected chi connectivity index (χ4v) is 4.15. The summed E-state index contributed by atoms with van der Waals surface area (Å²) in [6, 6.07) is 5.71. The second-order valence-electron chi connectivity index (χ2n) is 6.23. The van der Waals surface area contributed by atoms with E-state index in [2.05, 4.69) is 10.1 Å². The molecule has 0 saturated carbocycles. The molecule has 0 spiro atoms. The Bertz CT molecular complexity index is 955. The van der Waals surface area contributed by atoms with Crippen LogP contribution in [0.5, 0.6) is 0 Å². The van der Waals surface area contributed by atoms with Crippen LogP contribution in [0.2, 0.25) is 4.34 Å². The van der Waals surface area contributed by atoms with Crippen LogP contribution >= 0.6 is 22.9 Å². The van der Waals surface area contributed by atoms with E-state index in [1.807, 2.05) is 24.4 Å². The van der Waals surface area contributed by atoms with Crippen molar-refractivity contribution in [2.24, 2.45) is 5.73 Å². The number of pyridine rings is 1. The van der Waals surface area contributed by atoms with Gasteiger partial charge in [0.2, 0.25) is 0 Å². The van der Waals surface area contributed by atoms with Crippen molar-refractivity contribution in [2.75, 3.05) is 19.7 Å². The number of hydrogen-bond donors (Lipinski definition) is 2. The van der Waals surface area contributed by atoms with Crippen LogP contribution in [0.25, 0.3) is 16.8 Å². The van der Waals surface area contributed by atoms with E-state index in [1.54, 1.807) is 15.6 Å². The van der Waals surface area contributed by atoms with Gasteiger partial charge in [-0.3, -0.25) is 4.79 Å². The topological polar surface area (TPSA) is 96.8 Å². The van der Waals surface area contributed by atoms with Gasteiger partial charge in [0.05, 0.1) is 23.9 Å². The van der Waals surface area contributed by atoms with Crippen LogP contribution in [0.3, 0.4) is 0 Å². The fourth-order valence-electron chi connectivity index (χ4n) is 3.01. The van der Waals surface area contributed by atoms with Crippen molar-refractivity contribution in [3.8, 4) is 11.3 Å². The van der Waals surface area contributed by atoms with Crippen molar-refractivity contribution in [2.45, 2.75) is 12.0 Å². The van der Waals surface area contributed by atoms with Gasteiger partial charge in [-0.1, -0.05) is 29.0 Å². The van der Waals surface area contributed by atoms with Gasteiger partial charge in [-0.15, -0.1) is 0 Å². The Kier molecular flexibility index (Phi) is 3.99. The summed E-state index contributed by atoms with van der Waals surface area (Å²) < 4.78 is 2.18. The van der Waals surface area contributed by atoms with Gasteiger partial charge < -0.3 is 15.7 Å². The van der Waals surface area contributed by atoms with Crippen molar-refractivity contribution in [1.82, 2.24) is 19.5 Å². The number of aromatic nitrogens is 3. The first-order valence-corrected chi connectivity index (χ1v) is 8.98. The molecule has 4 heterocycles. The highest BCUT2D eigenvalue weighted by atomic mass is 35.5. The zero-order valence-corrected chi connectivity index (χ0v) is 14.8. The third-order valence-corrected chi connectivity index (χ3v) is 5.68. The average Bonchev–Trinajstić information content (AvgIpc) is 3.31. The molecule has 25 heavy (non-hydrogen) atoms. The maximum absolute atomic E-state index is 12.7. The Labute approximate surface area is 152 Å². The predicted molar refractivity (Wildman–Crippen MR) is 95.8 cm³/mol. The van der Waals surface area contributed by atoms with E-state index in [9.17, 15) is 9.90 Å². The van der Waals surface area contributed by atoms with Gasteiger partial charge in [-0.2, -0.15) is 5.10 Å². The minimum absolute atomic E-state index is 0.150. The van der Waals surface area contributed by atoms with E-state index in [0.29, 0.717) is 34.5 Å². The molecule has 0 radical (unpaired) electrons. The van der Waals surface area contributed by atoms with Crippen LogP contribution in [-0.2, 0) is 0 Å². The number of thiazole rings is 1. The van der Waals surface area contributed by atoms with E-state index in [-0.39, 0.29) is 12.5 Å². The minimum Gasteiger partial charge on any atom is -0.394 e. The SMILES string of the molecule is NC1(CO)CCN(C(=O)c2nc(-c3cnn4ccccc34)c(Cl)s2)C1. The molecule has 9 heteroatoms. The average molecular weight is 378 g/mol. The van der Waals surface area contributed by atoms with Gasteiger partial charge in [-0.25, -0.2) is 9.50 Å². The molecule has 1 aliphatic rings. The summed E-state index contributed by atoms with van der Waals surface area (Å²) in [6.07, 6.45) is 4.09. The molecular weight excluding hydrogens is 362 g/mol. The number of hydrogen-bond acceptors (Lipinski definition) is 6. The van der Waals surface area contributed by atoms with Crippen molar-refractivity contribution >= 4 is 34.4 Å². The first-order valence-electron chi connectivity index (χ1n) is 7.79. The summed E-state index contributed by atoms with van der Waals surface area (Å²) in [5.41, 5.74) is 7.51.